The first kappa shape index (κ1) is 22.1. The fourth-order valence-electron chi connectivity index (χ4n) is 3.54. The van der Waals surface area contributed by atoms with E-state index in [4.69, 9.17) is 25.7 Å². The Kier molecular flexibility index (Phi) is 6.00. The van der Waals surface area contributed by atoms with E-state index in [1.807, 2.05) is 18.2 Å². The lowest BCUT2D eigenvalue weighted by molar-refractivity contribution is -0.113. The molecule has 5 rings (SSSR count). The van der Waals surface area contributed by atoms with Crippen LogP contribution in [0.2, 0.25) is 5.02 Å². The molecule has 0 saturated heterocycles. The number of ether oxygens (including phenoxy) is 1. The molecule has 1 amide bonds. The van der Waals surface area contributed by atoms with Gasteiger partial charge in [-0.3, -0.25) is 14.2 Å². The number of carbonyl (C=O) groups is 1. The van der Waals surface area contributed by atoms with E-state index in [0.29, 0.717) is 38.4 Å². The summed E-state index contributed by atoms with van der Waals surface area (Å²) in [4.78, 5) is 30.8. The Bertz CT molecular complexity index is 1560. The number of carbonyl (C=O) groups excluding carboxylic acids is 1. The summed E-state index contributed by atoms with van der Waals surface area (Å²) in [7, 11) is 1.57. The highest BCUT2D eigenvalue weighted by atomic mass is 35.5. The van der Waals surface area contributed by atoms with E-state index in [-0.39, 0.29) is 22.8 Å². The topological polar surface area (TPSA) is 86.4 Å². The van der Waals surface area contributed by atoms with Gasteiger partial charge in [0.15, 0.2) is 5.16 Å². The number of para-hydroxylation sites is 1. The zero-order valence-electron chi connectivity index (χ0n) is 17.9. The molecule has 5 aromatic rings. The van der Waals surface area contributed by atoms with Gasteiger partial charge in [-0.2, -0.15) is 0 Å². The zero-order valence-corrected chi connectivity index (χ0v) is 19.5. The van der Waals surface area contributed by atoms with Crippen LogP contribution in [0.25, 0.3) is 27.8 Å². The second-order valence-electron chi connectivity index (χ2n) is 7.35. The number of thioether (sulfide) groups is 1. The number of anilines is 1. The lowest BCUT2D eigenvalue weighted by atomic mass is 10.2. The van der Waals surface area contributed by atoms with Crippen molar-refractivity contribution in [1.29, 1.82) is 0 Å². The lowest BCUT2D eigenvalue weighted by Gasteiger charge is -2.12. The summed E-state index contributed by atoms with van der Waals surface area (Å²) in [6, 6.07) is 21.2. The normalized spacial score (nSPS) is 11.1. The third-order valence-electron chi connectivity index (χ3n) is 5.16. The number of aromatic nitrogens is 2. The SMILES string of the molecule is COc1ccc(-n2c(SCC(=O)Nc3ccc(Cl)cc3)nc3c(oc4ccccc43)c2=O)cc1. The molecule has 0 aliphatic heterocycles. The number of rotatable bonds is 6. The quantitative estimate of drug-likeness (QED) is 0.248. The van der Waals surface area contributed by atoms with Crippen molar-refractivity contribution in [2.24, 2.45) is 0 Å². The molecule has 0 saturated carbocycles. The van der Waals surface area contributed by atoms with E-state index in [1.165, 1.54) is 4.57 Å². The molecule has 0 aliphatic rings. The van der Waals surface area contributed by atoms with Gasteiger partial charge in [0, 0.05) is 16.1 Å². The first-order valence-corrected chi connectivity index (χ1v) is 11.7. The highest BCUT2D eigenvalue weighted by Crippen LogP contribution is 2.29. The highest BCUT2D eigenvalue weighted by molar-refractivity contribution is 7.99. The van der Waals surface area contributed by atoms with Crippen molar-refractivity contribution in [3.05, 3.63) is 88.2 Å². The Morgan fingerprint density at radius 1 is 1.09 bits per heavy atom. The number of methoxy groups -OCH3 is 1. The van der Waals surface area contributed by atoms with Crippen LogP contribution in [0.3, 0.4) is 0 Å². The molecule has 7 nitrogen and oxygen atoms in total. The Morgan fingerprint density at radius 2 is 1.82 bits per heavy atom. The van der Waals surface area contributed by atoms with Crippen LogP contribution in [0.4, 0.5) is 5.69 Å². The van der Waals surface area contributed by atoms with Crippen molar-refractivity contribution in [3.8, 4) is 11.4 Å². The Hall–Kier alpha value is -3.75. The molecule has 0 unspecified atom stereocenters. The first-order valence-electron chi connectivity index (χ1n) is 10.3. The second kappa shape index (κ2) is 9.24. The van der Waals surface area contributed by atoms with Crippen LogP contribution in [0.1, 0.15) is 0 Å². The molecule has 0 fully saturated rings. The van der Waals surface area contributed by atoms with E-state index >= 15 is 0 Å². The molecule has 1 N–H and O–H groups in total. The molecule has 9 heteroatoms. The summed E-state index contributed by atoms with van der Waals surface area (Å²) < 4.78 is 12.5. The van der Waals surface area contributed by atoms with Crippen LogP contribution >= 0.6 is 23.4 Å². The Labute approximate surface area is 203 Å². The van der Waals surface area contributed by atoms with Crippen LogP contribution in [0, 0.1) is 0 Å². The predicted molar refractivity (Wildman–Crippen MR) is 134 cm³/mol. The number of nitrogens with zero attached hydrogens (tertiary/aromatic N) is 2. The Balaban J connectivity index is 1.55. The largest absolute Gasteiger partial charge is 0.497 e. The highest BCUT2D eigenvalue weighted by Gasteiger charge is 2.20. The van der Waals surface area contributed by atoms with Crippen LogP contribution in [0.5, 0.6) is 5.75 Å². The lowest BCUT2D eigenvalue weighted by Crippen LogP contribution is -2.22. The third kappa shape index (κ3) is 4.25. The molecule has 0 bridgehead atoms. The number of amides is 1. The molecular weight excluding hydrogens is 474 g/mol. The van der Waals surface area contributed by atoms with Crippen LogP contribution < -0.4 is 15.6 Å². The smallest absolute Gasteiger partial charge is 0.302 e. The van der Waals surface area contributed by atoms with Gasteiger partial charge in [-0.15, -0.1) is 0 Å². The van der Waals surface area contributed by atoms with Gasteiger partial charge in [0.1, 0.15) is 16.8 Å². The summed E-state index contributed by atoms with van der Waals surface area (Å²) in [5.74, 6) is 0.470. The first-order chi connectivity index (χ1) is 16.5. The molecule has 170 valence electrons. The monoisotopic (exact) mass is 491 g/mol. The van der Waals surface area contributed by atoms with Gasteiger partial charge in [-0.25, -0.2) is 4.98 Å². The molecule has 34 heavy (non-hydrogen) atoms. The molecule has 2 aromatic heterocycles. The number of fused-ring (bicyclic) bond motifs is 3. The number of benzene rings is 3. The summed E-state index contributed by atoms with van der Waals surface area (Å²) in [6.07, 6.45) is 0. The molecular formula is C25H18ClN3O4S. The van der Waals surface area contributed by atoms with Gasteiger partial charge < -0.3 is 14.5 Å². The average molecular weight is 492 g/mol. The minimum Gasteiger partial charge on any atom is -0.497 e. The van der Waals surface area contributed by atoms with Crippen molar-refractivity contribution in [3.63, 3.8) is 0 Å². The molecule has 3 aromatic carbocycles. The van der Waals surface area contributed by atoms with Crippen LogP contribution in [0.15, 0.2) is 87.2 Å². The van der Waals surface area contributed by atoms with Gasteiger partial charge in [0.25, 0.3) is 0 Å². The molecule has 0 atom stereocenters. The zero-order chi connectivity index (χ0) is 23.7. The van der Waals surface area contributed by atoms with E-state index in [0.717, 1.165) is 17.1 Å². The predicted octanol–water partition coefficient (Wildman–Crippen LogP) is 5.52. The van der Waals surface area contributed by atoms with Crippen molar-refractivity contribution in [2.75, 3.05) is 18.2 Å². The number of halogens is 1. The fraction of sp³-hybridized carbons (Fsp3) is 0.0800. The minimum atomic E-state index is -0.355. The van der Waals surface area contributed by atoms with Crippen molar-refractivity contribution >= 4 is 57.0 Å². The average Bonchev–Trinajstić information content (AvgIpc) is 3.23. The maximum Gasteiger partial charge on any atom is 0.302 e. The number of nitrogens with one attached hydrogen (secondary N) is 1. The van der Waals surface area contributed by atoms with Gasteiger partial charge in [0.05, 0.1) is 18.6 Å². The molecule has 0 radical (unpaired) electrons. The fourth-order valence-corrected chi connectivity index (χ4v) is 4.47. The minimum absolute atomic E-state index is 0.0481. The number of hydrogen-bond donors (Lipinski definition) is 1. The van der Waals surface area contributed by atoms with Gasteiger partial charge in [0.2, 0.25) is 11.5 Å². The van der Waals surface area contributed by atoms with Crippen LogP contribution in [-0.4, -0.2) is 28.3 Å². The summed E-state index contributed by atoms with van der Waals surface area (Å²) in [5.41, 5.74) is 2.06. The summed E-state index contributed by atoms with van der Waals surface area (Å²) in [5, 5.41) is 4.52. The third-order valence-corrected chi connectivity index (χ3v) is 6.35. The van der Waals surface area contributed by atoms with Crippen molar-refractivity contribution in [2.45, 2.75) is 5.16 Å². The maximum absolute atomic E-state index is 13.5. The summed E-state index contributed by atoms with van der Waals surface area (Å²) in [6.45, 7) is 0. The van der Waals surface area contributed by atoms with E-state index < -0.39 is 0 Å². The van der Waals surface area contributed by atoms with E-state index in [2.05, 4.69) is 5.32 Å². The summed E-state index contributed by atoms with van der Waals surface area (Å²) >= 11 is 7.07. The van der Waals surface area contributed by atoms with Crippen molar-refractivity contribution < 1.29 is 13.9 Å². The van der Waals surface area contributed by atoms with E-state index in [9.17, 15) is 9.59 Å². The number of hydrogen-bond acceptors (Lipinski definition) is 6. The van der Waals surface area contributed by atoms with Gasteiger partial charge >= 0.3 is 5.56 Å². The molecule has 0 aliphatic carbocycles. The van der Waals surface area contributed by atoms with Crippen molar-refractivity contribution in [1.82, 2.24) is 9.55 Å². The van der Waals surface area contributed by atoms with Crippen LogP contribution in [-0.2, 0) is 4.79 Å². The molecule has 2 heterocycles. The van der Waals surface area contributed by atoms with Gasteiger partial charge in [-0.05, 0) is 60.7 Å². The molecule has 0 spiro atoms. The number of furan rings is 1. The second-order valence-corrected chi connectivity index (χ2v) is 8.73. The Morgan fingerprint density at radius 3 is 2.56 bits per heavy atom. The van der Waals surface area contributed by atoms with Gasteiger partial charge in [-0.1, -0.05) is 35.5 Å². The maximum atomic E-state index is 13.5. The standard InChI is InChI=1S/C25H18ClN3O4S/c1-32-18-12-10-17(11-13-18)29-24(31)23-22(19-4-2-3-5-20(19)33-23)28-25(29)34-14-21(30)27-16-8-6-15(26)7-9-16/h2-13H,14H2,1H3,(H,27,30). The van der Waals surface area contributed by atoms with E-state index in [1.54, 1.807) is 61.7 Å².